The van der Waals surface area contributed by atoms with Gasteiger partial charge in [-0.1, -0.05) is 6.92 Å². The average molecular weight is 205 g/mol. The van der Waals surface area contributed by atoms with Crippen molar-refractivity contribution in [1.29, 1.82) is 0 Å². The Morgan fingerprint density at radius 2 is 2.40 bits per heavy atom. The van der Waals surface area contributed by atoms with Crippen molar-refractivity contribution < 1.29 is 0 Å². The van der Waals surface area contributed by atoms with Crippen molar-refractivity contribution in [2.75, 3.05) is 18.0 Å². The van der Waals surface area contributed by atoms with Crippen LogP contribution in [0.5, 0.6) is 0 Å². The zero-order chi connectivity index (χ0) is 10.8. The number of aromatic nitrogens is 1. The standard InChI is InChI=1S/C12H19N3/c1-9-4-6-15(12(9)8-13)11-3-5-14-10(2)7-11/h3,5,7,9,12H,4,6,8,13H2,1-2H3. The fourth-order valence-corrected chi connectivity index (χ4v) is 2.40. The minimum Gasteiger partial charge on any atom is -0.367 e. The topological polar surface area (TPSA) is 42.1 Å². The highest BCUT2D eigenvalue weighted by atomic mass is 15.2. The molecular weight excluding hydrogens is 186 g/mol. The van der Waals surface area contributed by atoms with Crippen LogP contribution in [0.3, 0.4) is 0 Å². The third kappa shape index (κ3) is 1.97. The van der Waals surface area contributed by atoms with Crippen molar-refractivity contribution >= 4 is 5.69 Å². The SMILES string of the molecule is Cc1cc(N2CCC(C)C2CN)ccn1. The first-order valence-electron chi connectivity index (χ1n) is 5.61. The number of hydrogen-bond acceptors (Lipinski definition) is 3. The van der Waals surface area contributed by atoms with E-state index in [1.54, 1.807) is 0 Å². The number of nitrogens with zero attached hydrogens (tertiary/aromatic N) is 2. The molecule has 82 valence electrons. The van der Waals surface area contributed by atoms with Crippen molar-refractivity contribution in [2.24, 2.45) is 11.7 Å². The number of nitrogens with two attached hydrogens (primary N) is 1. The predicted molar refractivity (Wildman–Crippen MR) is 62.9 cm³/mol. The first kappa shape index (κ1) is 10.4. The van der Waals surface area contributed by atoms with E-state index >= 15 is 0 Å². The van der Waals surface area contributed by atoms with E-state index in [9.17, 15) is 0 Å². The van der Waals surface area contributed by atoms with Gasteiger partial charge in [0.15, 0.2) is 0 Å². The van der Waals surface area contributed by atoms with Gasteiger partial charge in [-0.15, -0.1) is 0 Å². The number of pyridine rings is 1. The lowest BCUT2D eigenvalue weighted by atomic mass is 10.0. The van der Waals surface area contributed by atoms with Crippen LogP contribution in [0.15, 0.2) is 18.3 Å². The van der Waals surface area contributed by atoms with Crippen molar-refractivity contribution in [2.45, 2.75) is 26.3 Å². The van der Waals surface area contributed by atoms with E-state index in [0.29, 0.717) is 12.0 Å². The van der Waals surface area contributed by atoms with E-state index in [1.165, 1.54) is 12.1 Å². The molecule has 0 saturated carbocycles. The summed E-state index contributed by atoms with van der Waals surface area (Å²) in [7, 11) is 0. The summed E-state index contributed by atoms with van der Waals surface area (Å²) in [6.07, 6.45) is 3.12. The van der Waals surface area contributed by atoms with Crippen molar-refractivity contribution in [3.05, 3.63) is 24.0 Å². The van der Waals surface area contributed by atoms with Gasteiger partial charge in [-0.2, -0.15) is 0 Å². The Morgan fingerprint density at radius 1 is 1.60 bits per heavy atom. The monoisotopic (exact) mass is 205 g/mol. The Balaban J connectivity index is 2.23. The largest absolute Gasteiger partial charge is 0.367 e. The summed E-state index contributed by atoms with van der Waals surface area (Å²) >= 11 is 0. The van der Waals surface area contributed by atoms with Gasteiger partial charge in [0.1, 0.15) is 0 Å². The molecule has 1 aromatic rings. The van der Waals surface area contributed by atoms with Gasteiger partial charge < -0.3 is 10.6 Å². The molecule has 2 N–H and O–H groups in total. The van der Waals surface area contributed by atoms with E-state index in [2.05, 4.69) is 28.9 Å². The number of hydrogen-bond donors (Lipinski definition) is 1. The highest BCUT2D eigenvalue weighted by Gasteiger charge is 2.29. The van der Waals surface area contributed by atoms with Gasteiger partial charge in [0.05, 0.1) is 0 Å². The van der Waals surface area contributed by atoms with Gasteiger partial charge in [0.2, 0.25) is 0 Å². The second-order valence-corrected chi connectivity index (χ2v) is 4.42. The van der Waals surface area contributed by atoms with Gasteiger partial charge in [-0.25, -0.2) is 0 Å². The number of aryl methyl sites for hydroxylation is 1. The second-order valence-electron chi connectivity index (χ2n) is 4.42. The van der Waals surface area contributed by atoms with Crippen molar-refractivity contribution in [1.82, 2.24) is 4.98 Å². The third-order valence-electron chi connectivity index (χ3n) is 3.34. The summed E-state index contributed by atoms with van der Waals surface area (Å²) < 4.78 is 0. The zero-order valence-corrected chi connectivity index (χ0v) is 9.48. The Morgan fingerprint density at radius 3 is 3.07 bits per heavy atom. The quantitative estimate of drug-likeness (QED) is 0.796. The van der Waals surface area contributed by atoms with Crippen LogP contribution in [0.2, 0.25) is 0 Å². The van der Waals surface area contributed by atoms with E-state index < -0.39 is 0 Å². The number of rotatable bonds is 2. The van der Waals surface area contributed by atoms with Crippen LogP contribution in [0.25, 0.3) is 0 Å². The van der Waals surface area contributed by atoms with Crippen LogP contribution >= 0.6 is 0 Å². The van der Waals surface area contributed by atoms with E-state index in [-0.39, 0.29) is 0 Å². The fourth-order valence-electron chi connectivity index (χ4n) is 2.40. The summed E-state index contributed by atoms with van der Waals surface area (Å²) in [5.41, 5.74) is 8.17. The lowest BCUT2D eigenvalue weighted by molar-refractivity contribution is 0.519. The molecule has 0 aliphatic carbocycles. The average Bonchev–Trinajstić information content (AvgIpc) is 2.59. The van der Waals surface area contributed by atoms with Crippen molar-refractivity contribution in [3.8, 4) is 0 Å². The Hall–Kier alpha value is -1.09. The lowest BCUT2D eigenvalue weighted by Crippen LogP contribution is -2.38. The first-order valence-corrected chi connectivity index (χ1v) is 5.61. The molecule has 3 heteroatoms. The maximum Gasteiger partial charge on any atom is 0.0438 e. The van der Waals surface area contributed by atoms with Crippen LogP contribution in [0.4, 0.5) is 5.69 Å². The summed E-state index contributed by atoms with van der Waals surface area (Å²) in [6.45, 7) is 6.17. The predicted octanol–water partition coefficient (Wildman–Crippen LogP) is 1.56. The molecule has 2 rings (SSSR count). The normalized spacial score (nSPS) is 25.9. The summed E-state index contributed by atoms with van der Waals surface area (Å²) in [4.78, 5) is 6.64. The lowest BCUT2D eigenvalue weighted by Gasteiger charge is -2.27. The molecule has 0 spiro atoms. The molecule has 0 radical (unpaired) electrons. The molecule has 2 unspecified atom stereocenters. The van der Waals surface area contributed by atoms with Gasteiger partial charge in [-0.05, 0) is 31.4 Å². The molecular formula is C12H19N3. The highest BCUT2D eigenvalue weighted by Crippen LogP contribution is 2.28. The zero-order valence-electron chi connectivity index (χ0n) is 9.48. The molecule has 1 aliphatic rings. The molecule has 1 aromatic heterocycles. The summed E-state index contributed by atoms with van der Waals surface area (Å²) in [5, 5.41) is 0. The summed E-state index contributed by atoms with van der Waals surface area (Å²) in [5.74, 6) is 0.698. The van der Waals surface area contributed by atoms with Crippen LogP contribution in [0.1, 0.15) is 19.0 Å². The summed E-state index contributed by atoms with van der Waals surface area (Å²) in [6, 6.07) is 4.71. The van der Waals surface area contributed by atoms with Crippen LogP contribution < -0.4 is 10.6 Å². The first-order chi connectivity index (χ1) is 7.22. The molecule has 1 fully saturated rings. The maximum absolute atomic E-state index is 5.83. The molecule has 1 saturated heterocycles. The minimum atomic E-state index is 0.492. The van der Waals surface area contributed by atoms with Crippen LogP contribution in [0, 0.1) is 12.8 Å². The van der Waals surface area contributed by atoms with Gasteiger partial charge in [0, 0.05) is 36.7 Å². The van der Waals surface area contributed by atoms with E-state index in [1.807, 2.05) is 13.1 Å². The molecule has 3 nitrogen and oxygen atoms in total. The molecule has 2 atom stereocenters. The van der Waals surface area contributed by atoms with E-state index in [0.717, 1.165) is 18.8 Å². The third-order valence-corrected chi connectivity index (χ3v) is 3.34. The number of anilines is 1. The van der Waals surface area contributed by atoms with Gasteiger partial charge >= 0.3 is 0 Å². The molecule has 0 aromatic carbocycles. The Bertz CT molecular complexity index is 337. The second kappa shape index (κ2) is 4.19. The Kier molecular flexibility index (Phi) is 2.91. The Labute approximate surface area is 91.3 Å². The smallest absolute Gasteiger partial charge is 0.0438 e. The highest BCUT2D eigenvalue weighted by molar-refractivity contribution is 5.48. The molecule has 2 heterocycles. The molecule has 1 aliphatic heterocycles. The van der Waals surface area contributed by atoms with Crippen LogP contribution in [-0.2, 0) is 0 Å². The van der Waals surface area contributed by atoms with Gasteiger partial charge in [0.25, 0.3) is 0 Å². The minimum absolute atomic E-state index is 0.492. The maximum atomic E-state index is 5.83. The molecule has 0 amide bonds. The van der Waals surface area contributed by atoms with Gasteiger partial charge in [-0.3, -0.25) is 4.98 Å². The van der Waals surface area contributed by atoms with Crippen LogP contribution in [-0.4, -0.2) is 24.1 Å². The molecule has 0 bridgehead atoms. The fraction of sp³-hybridized carbons (Fsp3) is 0.583. The van der Waals surface area contributed by atoms with Crippen molar-refractivity contribution in [3.63, 3.8) is 0 Å². The molecule has 15 heavy (non-hydrogen) atoms. The van der Waals surface area contributed by atoms with E-state index in [4.69, 9.17) is 5.73 Å².